The lowest BCUT2D eigenvalue weighted by Gasteiger charge is -2.16. The van der Waals surface area contributed by atoms with Crippen LogP contribution in [-0.2, 0) is 0 Å². The van der Waals surface area contributed by atoms with E-state index < -0.39 is 16.7 Å². The van der Waals surface area contributed by atoms with Crippen LogP contribution >= 0.6 is 0 Å². The zero-order chi connectivity index (χ0) is 16.7. The average molecular weight is 309 g/mol. The maximum absolute atomic E-state index is 13.3. The Hall–Kier alpha value is -2.75. The highest BCUT2D eigenvalue weighted by atomic mass is 19.1. The molecule has 0 aliphatic heterocycles. The van der Waals surface area contributed by atoms with Crippen LogP contribution in [0.3, 0.4) is 0 Å². The lowest BCUT2D eigenvalue weighted by Crippen LogP contribution is -2.35. The van der Waals surface area contributed by atoms with Crippen LogP contribution in [0.4, 0.5) is 15.8 Å². The largest absolute Gasteiger partial charge is 0.352 e. The van der Waals surface area contributed by atoms with Crippen LogP contribution in [0.5, 0.6) is 0 Å². The Morgan fingerprint density at radius 3 is 2.26 bits per heavy atom. The third-order valence-electron chi connectivity index (χ3n) is 4.11. The summed E-state index contributed by atoms with van der Waals surface area (Å²) in [6.07, 6.45) is 0. The average Bonchev–Trinajstić information content (AvgIpc) is 2.51. The van der Waals surface area contributed by atoms with Gasteiger partial charge in [-0.15, -0.1) is 0 Å². The highest BCUT2D eigenvalue weighted by molar-refractivity contribution is 5.86. The molecule has 4 heteroatoms. The Balaban J connectivity index is 2.09. The summed E-state index contributed by atoms with van der Waals surface area (Å²) in [5, 5.41) is 2.88. The van der Waals surface area contributed by atoms with Gasteiger partial charge in [-0.2, -0.15) is 0 Å². The molecule has 0 radical (unpaired) electrons. The number of anilines is 2. The number of halogens is 1. The summed E-state index contributed by atoms with van der Waals surface area (Å²) in [6.45, 7) is 5.87. The molecule has 3 aromatic carbocycles. The first kappa shape index (κ1) is 15.2. The fourth-order valence-corrected chi connectivity index (χ4v) is 2.71. The van der Waals surface area contributed by atoms with Crippen LogP contribution in [0, 0.1) is 26.6 Å². The second-order valence-electron chi connectivity index (χ2n) is 5.79. The number of benzene rings is 2. The second-order valence-corrected chi connectivity index (χ2v) is 5.79. The topological polar surface area (TPSA) is 46.2 Å². The van der Waals surface area contributed by atoms with E-state index in [1.165, 1.54) is 12.1 Å². The highest BCUT2D eigenvalue weighted by Gasteiger charge is 2.24. The number of rotatable bonds is 3. The van der Waals surface area contributed by atoms with Crippen molar-refractivity contribution in [2.45, 2.75) is 20.8 Å². The Bertz CT molecular complexity index is 982. The van der Waals surface area contributed by atoms with Gasteiger partial charge in [-0.1, -0.05) is 18.2 Å². The Morgan fingerprint density at radius 1 is 0.870 bits per heavy atom. The summed E-state index contributed by atoms with van der Waals surface area (Å²) in [6, 6.07) is 9.71. The van der Waals surface area contributed by atoms with Crippen molar-refractivity contribution >= 4 is 11.4 Å². The van der Waals surface area contributed by atoms with E-state index in [0.717, 1.165) is 22.3 Å². The standard InChI is InChI=1S/C19H16FNO2/c1-10-7-12(3)15(8-11(10)2)16-17(19(23)18(16)22)21-14-6-4-5-13(20)9-14/h4-9,21H,1-3H3. The first-order chi connectivity index (χ1) is 10.9. The van der Waals surface area contributed by atoms with Gasteiger partial charge in [-0.25, -0.2) is 4.39 Å². The zero-order valence-electron chi connectivity index (χ0n) is 13.2. The van der Waals surface area contributed by atoms with Crippen molar-refractivity contribution in [3.63, 3.8) is 0 Å². The van der Waals surface area contributed by atoms with E-state index >= 15 is 0 Å². The van der Waals surface area contributed by atoms with Gasteiger partial charge in [0, 0.05) is 5.69 Å². The molecule has 0 bridgehead atoms. The molecular formula is C19H16FNO2. The van der Waals surface area contributed by atoms with Crippen molar-refractivity contribution in [3.8, 4) is 11.1 Å². The van der Waals surface area contributed by atoms with Gasteiger partial charge in [-0.3, -0.25) is 9.59 Å². The normalized spacial score (nSPS) is 11.0. The fourth-order valence-electron chi connectivity index (χ4n) is 2.71. The molecular weight excluding hydrogens is 293 g/mol. The molecule has 0 unspecified atom stereocenters. The summed E-state index contributed by atoms with van der Waals surface area (Å²) >= 11 is 0. The van der Waals surface area contributed by atoms with E-state index in [2.05, 4.69) is 5.32 Å². The monoisotopic (exact) mass is 309 g/mol. The van der Waals surface area contributed by atoms with Crippen molar-refractivity contribution in [1.29, 1.82) is 0 Å². The third kappa shape index (κ3) is 2.57. The molecule has 3 rings (SSSR count). The first-order valence-electron chi connectivity index (χ1n) is 7.32. The molecule has 23 heavy (non-hydrogen) atoms. The lowest BCUT2D eigenvalue weighted by molar-refractivity contribution is 0.628. The van der Waals surface area contributed by atoms with Crippen LogP contribution in [0.2, 0.25) is 0 Å². The molecule has 0 saturated carbocycles. The minimum Gasteiger partial charge on any atom is -0.352 e. The van der Waals surface area contributed by atoms with Crippen LogP contribution in [0.15, 0.2) is 46.0 Å². The number of hydrogen-bond donors (Lipinski definition) is 1. The van der Waals surface area contributed by atoms with Crippen LogP contribution in [0.25, 0.3) is 11.1 Å². The SMILES string of the molecule is Cc1cc(C)c(-c2c(Nc3cccc(F)c3)c(=O)c2=O)cc1C. The molecule has 0 atom stereocenters. The van der Waals surface area contributed by atoms with Crippen LogP contribution < -0.4 is 16.2 Å². The molecule has 0 aliphatic carbocycles. The maximum atomic E-state index is 13.3. The van der Waals surface area contributed by atoms with Gasteiger partial charge in [-0.05, 0) is 61.2 Å². The predicted molar refractivity (Wildman–Crippen MR) is 90.7 cm³/mol. The lowest BCUT2D eigenvalue weighted by atomic mass is 9.91. The van der Waals surface area contributed by atoms with Crippen LogP contribution in [0.1, 0.15) is 16.7 Å². The molecule has 1 N–H and O–H groups in total. The Kier molecular flexibility index (Phi) is 3.60. The molecule has 3 nitrogen and oxygen atoms in total. The number of hydrogen-bond acceptors (Lipinski definition) is 3. The molecule has 0 saturated heterocycles. The summed E-state index contributed by atoms with van der Waals surface area (Å²) in [7, 11) is 0. The van der Waals surface area contributed by atoms with Gasteiger partial charge >= 0.3 is 0 Å². The third-order valence-corrected chi connectivity index (χ3v) is 4.11. The fraction of sp³-hybridized carbons (Fsp3) is 0.158. The summed E-state index contributed by atoms with van der Waals surface area (Å²) in [5.74, 6) is -0.405. The van der Waals surface area contributed by atoms with E-state index in [-0.39, 0.29) is 5.69 Å². The number of nitrogens with one attached hydrogen (secondary N) is 1. The molecule has 0 spiro atoms. The van der Waals surface area contributed by atoms with Gasteiger partial charge in [0.1, 0.15) is 11.5 Å². The Morgan fingerprint density at radius 2 is 1.57 bits per heavy atom. The number of aryl methyl sites for hydroxylation is 3. The van der Waals surface area contributed by atoms with Crippen molar-refractivity contribution in [1.82, 2.24) is 0 Å². The van der Waals surface area contributed by atoms with E-state index in [1.54, 1.807) is 12.1 Å². The molecule has 3 aromatic rings. The summed E-state index contributed by atoms with van der Waals surface area (Å²) < 4.78 is 13.3. The van der Waals surface area contributed by atoms with E-state index in [0.29, 0.717) is 11.3 Å². The summed E-state index contributed by atoms with van der Waals surface area (Å²) in [4.78, 5) is 24.0. The zero-order valence-corrected chi connectivity index (χ0v) is 13.2. The van der Waals surface area contributed by atoms with Gasteiger partial charge in [0.2, 0.25) is 5.43 Å². The molecule has 0 heterocycles. The minimum atomic E-state index is -0.568. The van der Waals surface area contributed by atoms with Crippen molar-refractivity contribution in [3.05, 3.63) is 79.4 Å². The van der Waals surface area contributed by atoms with Crippen molar-refractivity contribution in [2.75, 3.05) is 5.32 Å². The smallest absolute Gasteiger partial charge is 0.250 e. The minimum absolute atomic E-state index is 0.229. The predicted octanol–water partition coefficient (Wildman–Crippen LogP) is 3.76. The Labute approximate surface area is 133 Å². The van der Waals surface area contributed by atoms with Gasteiger partial charge in [0.25, 0.3) is 5.43 Å². The van der Waals surface area contributed by atoms with Crippen molar-refractivity contribution in [2.24, 2.45) is 0 Å². The van der Waals surface area contributed by atoms with Gasteiger partial charge in [0.05, 0.1) is 5.56 Å². The van der Waals surface area contributed by atoms with E-state index in [4.69, 9.17) is 0 Å². The van der Waals surface area contributed by atoms with E-state index in [9.17, 15) is 14.0 Å². The quantitative estimate of drug-likeness (QED) is 0.749. The molecule has 0 aromatic heterocycles. The molecule has 116 valence electrons. The highest BCUT2D eigenvalue weighted by Crippen LogP contribution is 2.30. The van der Waals surface area contributed by atoms with Gasteiger partial charge < -0.3 is 5.32 Å². The first-order valence-corrected chi connectivity index (χ1v) is 7.32. The van der Waals surface area contributed by atoms with Crippen LogP contribution in [-0.4, -0.2) is 0 Å². The molecule has 0 fully saturated rings. The van der Waals surface area contributed by atoms with Crippen molar-refractivity contribution < 1.29 is 4.39 Å². The summed E-state index contributed by atoms with van der Waals surface area (Å²) in [5.41, 5.74) is 3.84. The molecule has 0 aliphatic rings. The maximum Gasteiger partial charge on any atom is 0.250 e. The van der Waals surface area contributed by atoms with E-state index in [1.807, 2.05) is 32.9 Å². The van der Waals surface area contributed by atoms with Gasteiger partial charge in [0.15, 0.2) is 0 Å². The second kappa shape index (κ2) is 5.47. The molecule has 0 amide bonds.